The average molecular weight is 292 g/mol. The third-order valence-electron chi connectivity index (χ3n) is 4.22. The Balaban J connectivity index is 2.45. The lowest BCUT2D eigenvalue weighted by Gasteiger charge is -2.31. The maximum absolute atomic E-state index is 6.18. The number of hydrazine groups is 1. The highest BCUT2D eigenvalue weighted by Crippen LogP contribution is 2.38. The SMILES string of the molecule is CCOC1(c2nc(NN)cc(C(C)C)n2)CCCCCC1. The monoisotopic (exact) mass is 292 g/mol. The van der Waals surface area contributed by atoms with E-state index < -0.39 is 0 Å². The van der Waals surface area contributed by atoms with Crippen molar-refractivity contribution in [2.24, 2.45) is 5.84 Å². The first-order valence-corrected chi connectivity index (χ1v) is 8.11. The Morgan fingerprint density at radius 1 is 1.24 bits per heavy atom. The van der Waals surface area contributed by atoms with E-state index in [4.69, 9.17) is 15.6 Å². The van der Waals surface area contributed by atoms with Crippen molar-refractivity contribution in [1.29, 1.82) is 0 Å². The van der Waals surface area contributed by atoms with Crippen LogP contribution in [0.2, 0.25) is 0 Å². The molecule has 0 aliphatic heterocycles. The number of ether oxygens (including phenoxy) is 1. The summed E-state index contributed by atoms with van der Waals surface area (Å²) in [4.78, 5) is 9.42. The van der Waals surface area contributed by atoms with Crippen LogP contribution in [-0.2, 0) is 10.3 Å². The van der Waals surface area contributed by atoms with Gasteiger partial charge in [0.05, 0.1) is 0 Å². The summed E-state index contributed by atoms with van der Waals surface area (Å²) < 4.78 is 6.18. The standard InChI is InChI=1S/C16H28N4O/c1-4-21-16(9-7-5-6-8-10-16)15-18-13(12(2)3)11-14(19-15)20-17/h11-12H,4-10,17H2,1-3H3,(H,18,19,20). The molecule has 1 aromatic heterocycles. The van der Waals surface area contributed by atoms with Gasteiger partial charge in [0.2, 0.25) is 0 Å². The van der Waals surface area contributed by atoms with Crippen molar-refractivity contribution >= 4 is 5.82 Å². The molecular weight excluding hydrogens is 264 g/mol. The van der Waals surface area contributed by atoms with Gasteiger partial charge in [-0.25, -0.2) is 15.8 Å². The molecule has 0 spiro atoms. The minimum absolute atomic E-state index is 0.336. The molecule has 0 aromatic carbocycles. The molecule has 1 heterocycles. The molecule has 1 saturated carbocycles. The third kappa shape index (κ3) is 3.71. The van der Waals surface area contributed by atoms with Gasteiger partial charge in [-0.05, 0) is 25.7 Å². The van der Waals surface area contributed by atoms with E-state index in [0.29, 0.717) is 18.3 Å². The lowest BCUT2D eigenvalue weighted by Crippen LogP contribution is -2.32. The molecule has 0 atom stereocenters. The summed E-state index contributed by atoms with van der Waals surface area (Å²) in [5.74, 6) is 7.39. The van der Waals surface area contributed by atoms with Gasteiger partial charge in [0.15, 0.2) is 5.82 Å². The van der Waals surface area contributed by atoms with Crippen molar-refractivity contribution in [3.63, 3.8) is 0 Å². The van der Waals surface area contributed by atoms with E-state index in [-0.39, 0.29) is 5.60 Å². The van der Waals surface area contributed by atoms with Crippen molar-refractivity contribution in [2.75, 3.05) is 12.0 Å². The Morgan fingerprint density at radius 2 is 1.90 bits per heavy atom. The van der Waals surface area contributed by atoms with E-state index in [1.807, 2.05) is 13.0 Å². The van der Waals surface area contributed by atoms with Gasteiger partial charge in [-0.15, -0.1) is 0 Å². The summed E-state index contributed by atoms with van der Waals surface area (Å²) in [6.45, 7) is 6.99. The van der Waals surface area contributed by atoms with Crippen LogP contribution in [0.15, 0.2) is 6.07 Å². The topological polar surface area (TPSA) is 73.1 Å². The van der Waals surface area contributed by atoms with Crippen LogP contribution in [-0.4, -0.2) is 16.6 Å². The number of hydrogen-bond donors (Lipinski definition) is 2. The molecule has 5 heteroatoms. The largest absolute Gasteiger partial charge is 0.367 e. The van der Waals surface area contributed by atoms with Crippen molar-refractivity contribution in [3.8, 4) is 0 Å². The van der Waals surface area contributed by atoms with Gasteiger partial charge in [-0.1, -0.05) is 39.5 Å². The van der Waals surface area contributed by atoms with Crippen LogP contribution in [0.5, 0.6) is 0 Å². The highest BCUT2D eigenvalue weighted by Gasteiger charge is 2.37. The van der Waals surface area contributed by atoms with Gasteiger partial charge in [0, 0.05) is 18.4 Å². The van der Waals surface area contributed by atoms with Crippen LogP contribution >= 0.6 is 0 Å². The zero-order chi connectivity index (χ0) is 15.3. The van der Waals surface area contributed by atoms with Crippen LogP contribution < -0.4 is 11.3 Å². The summed E-state index contributed by atoms with van der Waals surface area (Å²) in [6.07, 6.45) is 6.85. The lowest BCUT2D eigenvalue weighted by atomic mass is 9.92. The Hall–Kier alpha value is -1.20. The molecule has 2 rings (SSSR count). The summed E-state index contributed by atoms with van der Waals surface area (Å²) in [5.41, 5.74) is 3.33. The van der Waals surface area contributed by atoms with E-state index in [2.05, 4.69) is 24.3 Å². The molecule has 5 nitrogen and oxygen atoms in total. The number of nitrogens with zero attached hydrogens (tertiary/aromatic N) is 2. The van der Waals surface area contributed by atoms with E-state index in [1.165, 1.54) is 25.7 Å². The average Bonchev–Trinajstić information content (AvgIpc) is 2.73. The van der Waals surface area contributed by atoms with Gasteiger partial charge in [-0.3, -0.25) is 0 Å². The second-order valence-electron chi connectivity index (χ2n) is 6.14. The number of nitrogens with two attached hydrogens (primary N) is 1. The Kier molecular flexibility index (Phi) is 5.53. The zero-order valence-electron chi connectivity index (χ0n) is 13.5. The fourth-order valence-corrected chi connectivity index (χ4v) is 3.05. The van der Waals surface area contributed by atoms with Gasteiger partial charge in [0.1, 0.15) is 11.4 Å². The molecule has 1 fully saturated rings. The summed E-state index contributed by atoms with van der Waals surface area (Å²) in [5, 5.41) is 0. The van der Waals surface area contributed by atoms with Crippen LogP contribution in [0.1, 0.15) is 76.7 Å². The zero-order valence-corrected chi connectivity index (χ0v) is 13.5. The predicted molar refractivity (Wildman–Crippen MR) is 84.9 cm³/mol. The Morgan fingerprint density at radius 3 is 2.43 bits per heavy atom. The number of anilines is 1. The molecule has 21 heavy (non-hydrogen) atoms. The molecule has 0 bridgehead atoms. The molecule has 1 aliphatic rings. The second kappa shape index (κ2) is 7.18. The van der Waals surface area contributed by atoms with Crippen molar-refractivity contribution in [2.45, 2.75) is 70.8 Å². The predicted octanol–water partition coefficient (Wildman–Crippen LogP) is 3.47. The van der Waals surface area contributed by atoms with Gasteiger partial charge in [0.25, 0.3) is 0 Å². The summed E-state index contributed by atoms with van der Waals surface area (Å²) in [7, 11) is 0. The molecule has 0 radical (unpaired) electrons. The molecule has 1 aromatic rings. The number of aromatic nitrogens is 2. The smallest absolute Gasteiger partial charge is 0.162 e. The molecule has 118 valence electrons. The molecule has 1 aliphatic carbocycles. The Labute approximate surface area is 127 Å². The summed E-state index contributed by atoms with van der Waals surface area (Å²) >= 11 is 0. The third-order valence-corrected chi connectivity index (χ3v) is 4.22. The van der Waals surface area contributed by atoms with E-state index in [0.717, 1.165) is 24.4 Å². The van der Waals surface area contributed by atoms with Gasteiger partial charge >= 0.3 is 0 Å². The molecule has 0 saturated heterocycles. The van der Waals surface area contributed by atoms with Crippen molar-refractivity contribution in [1.82, 2.24) is 9.97 Å². The maximum Gasteiger partial charge on any atom is 0.162 e. The lowest BCUT2D eigenvalue weighted by molar-refractivity contribution is -0.0625. The van der Waals surface area contributed by atoms with Crippen LogP contribution in [0.3, 0.4) is 0 Å². The molecule has 0 unspecified atom stereocenters. The van der Waals surface area contributed by atoms with E-state index >= 15 is 0 Å². The summed E-state index contributed by atoms with van der Waals surface area (Å²) in [6, 6.07) is 1.92. The normalized spacial score (nSPS) is 18.5. The number of nitrogens with one attached hydrogen (secondary N) is 1. The van der Waals surface area contributed by atoms with Crippen LogP contribution in [0.4, 0.5) is 5.82 Å². The van der Waals surface area contributed by atoms with E-state index in [9.17, 15) is 0 Å². The van der Waals surface area contributed by atoms with Crippen LogP contribution in [0.25, 0.3) is 0 Å². The molecular formula is C16H28N4O. The molecule has 3 N–H and O–H groups in total. The second-order valence-corrected chi connectivity index (χ2v) is 6.14. The fraction of sp³-hybridized carbons (Fsp3) is 0.750. The number of rotatable bonds is 5. The quantitative estimate of drug-likeness (QED) is 0.494. The number of nitrogen functional groups attached to an aromatic ring is 1. The maximum atomic E-state index is 6.18. The first-order chi connectivity index (χ1) is 10.1. The van der Waals surface area contributed by atoms with Crippen LogP contribution in [0, 0.1) is 0 Å². The fourth-order valence-electron chi connectivity index (χ4n) is 3.05. The first kappa shape index (κ1) is 16.2. The van der Waals surface area contributed by atoms with Gasteiger partial charge in [-0.2, -0.15) is 0 Å². The first-order valence-electron chi connectivity index (χ1n) is 8.11. The minimum atomic E-state index is -0.345. The Bertz CT molecular complexity index is 454. The minimum Gasteiger partial charge on any atom is -0.367 e. The van der Waals surface area contributed by atoms with Crippen molar-refractivity contribution in [3.05, 3.63) is 17.6 Å². The van der Waals surface area contributed by atoms with Crippen molar-refractivity contribution < 1.29 is 4.74 Å². The highest BCUT2D eigenvalue weighted by atomic mass is 16.5. The highest BCUT2D eigenvalue weighted by molar-refractivity contribution is 5.36. The van der Waals surface area contributed by atoms with E-state index in [1.54, 1.807) is 0 Å². The number of hydrogen-bond acceptors (Lipinski definition) is 5. The van der Waals surface area contributed by atoms with Gasteiger partial charge < -0.3 is 10.2 Å². The molecule has 0 amide bonds.